The van der Waals surface area contributed by atoms with Crippen molar-refractivity contribution in [1.29, 1.82) is 0 Å². The van der Waals surface area contributed by atoms with Crippen molar-refractivity contribution >= 4 is 45.3 Å². The monoisotopic (exact) mass is 296 g/mol. The number of thioether (sulfide) groups is 1. The summed E-state index contributed by atoms with van der Waals surface area (Å²) < 4.78 is 0. The molecule has 1 aliphatic rings. The first-order valence-corrected chi connectivity index (χ1v) is 7.14. The van der Waals surface area contributed by atoms with Gasteiger partial charge < -0.3 is 9.90 Å². The van der Waals surface area contributed by atoms with Crippen molar-refractivity contribution < 1.29 is 14.7 Å². The van der Waals surface area contributed by atoms with Crippen molar-refractivity contribution in [3.63, 3.8) is 0 Å². The van der Waals surface area contributed by atoms with Crippen molar-refractivity contribution in [2.24, 2.45) is 4.99 Å². The van der Waals surface area contributed by atoms with E-state index in [0.29, 0.717) is 16.8 Å². The molecule has 2 rings (SSSR count). The Morgan fingerprint density at radius 3 is 3.05 bits per heavy atom. The maximum atomic E-state index is 12.0. The minimum Gasteiger partial charge on any atom is -0.550 e. The van der Waals surface area contributed by atoms with Crippen molar-refractivity contribution in [3.8, 4) is 0 Å². The van der Waals surface area contributed by atoms with Crippen molar-refractivity contribution in [2.45, 2.75) is 11.7 Å². The highest BCUT2D eigenvalue weighted by atomic mass is 32.2. The van der Waals surface area contributed by atoms with Gasteiger partial charge in [-0.05, 0) is 0 Å². The summed E-state index contributed by atoms with van der Waals surface area (Å²) >= 11 is 2.46. The molecule has 0 radical (unpaired) electrons. The van der Waals surface area contributed by atoms with Crippen LogP contribution < -0.4 is 5.11 Å². The lowest BCUT2D eigenvalue weighted by Gasteiger charge is -2.13. The number of hydrogen-bond donors (Lipinski definition) is 0. The zero-order valence-electron chi connectivity index (χ0n) is 9.81. The zero-order valence-corrected chi connectivity index (χ0v) is 11.4. The third kappa shape index (κ3) is 3.21. The predicted octanol–water partition coefficient (Wildman–Crippen LogP) is 0.401. The first kappa shape index (κ1) is 13.8. The van der Waals surface area contributed by atoms with Gasteiger partial charge >= 0.3 is 0 Å². The molecule has 0 saturated carbocycles. The molecule has 1 amide bonds. The first-order valence-electron chi connectivity index (χ1n) is 5.38. The molecule has 19 heavy (non-hydrogen) atoms. The Kier molecular flexibility index (Phi) is 4.33. The Morgan fingerprint density at radius 1 is 1.68 bits per heavy atom. The summed E-state index contributed by atoms with van der Waals surface area (Å²) in [7, 11) is 0. The number of rotatable bonds is 5. The van der Waals surface area contributed by atoms with Gasteiger partial charge in [-0.1, -0.05) is 17.8 Å². The average Bonchev–Trinajstić information content (AvgIpc) is 2.94. The lowest BCUT2D eigenvalue weighted by molar-refractivity contribution is -0.305. The van der Waals surface area contributed by atoms with E-state index in [1.54, 1.807) is 17.7 Å². The molecule has 6 nitrogen and oxygen atoms in total. The van der Waals surface area contributed by atoms with Crippen LogP contribution in [0.2, 0.25) is 0 Å². The number of aromatic nitrogens is 1. The fourth-order valence-corrected chi connectivity index (χ4v) is 3.22. The number of thiazole rings is 1. The van der Waals surface area contributed by atoms with E-state index < -0.39 is 11.2 Å². The molecular formula is C11H10N3O3S2-. The van der Waals surface area contributed by atoms with Crippen LogP contribution in [0.25, 0.3) is 0 Å². The highest BCUT2D eigenvalue weighted by Gasteiger charge is 2.37. The molecule has 0 aromatic carbocycles. The highest BCUT2D eigenvalue weighted by molar-refractivity contribution is 8.15. The fourth-order valence-electron chi connectivity index (χ4n) is 1.53. The van der Waals surface area contributed by atoms with Crippen LogP contribution in [0.3, 0.4) is 0 Å². The number of amidine groups is 1. The molecule has 0 aliphatic carbocycles. The van der Waals surface area contributed by atoms with Gasteiger partial charge in [0.25, 0.3) is 0 Å². The summed E-state index contributed by atoms with van der Waals surface area (Å²) in [6.45, 7) is 3.87. The van der Waals surface area contributed by atoms with E-state index in [1.807, 2.05) is 0 Å². The second-order valence-electron chi connectivity index (χ2n) is 3.63. The quantitative estimate of drug-likeness (QED) is 0.734. The third-order valence-corrected chi connectivity index (χ3v) is 4.13. The largest absolute Gasteiger partial charge is 0.550 e. The summed E-state index contributed by atoms with van der Waals surface area (Å²) in [5, 5.41) is 12.7. The first-order chi connectivity index (χ1) is 9.11. The molecule has 0 unspecified atom stereocenters. The Hall–Kier alpha value is -1.67. The van der Waals surface area contributed by atoms with Crippen molar-refractivity contribution in [2.75, 3.05) is 6.54 Å². The summed E-state index contributed by atoms with van der Waals surface area (Å²) in [6, 6.07) is 0. The summed E-state index contributed by atoms with van der Waals surface area (Å²) in [5.41, 5.74) is 0. The molecule has 1 atom stereocenters. The topological polar surface area (TPSA) is 85.7 Å². The van der Waals surface area contributed by atoms with E-state index in [9.17, 15) is 14.7 Å². The van der Waals surface area contributed by atoms with Crippen LogP contribution >= 0.6 is 23.1 Å². The predicted molar refractivity (Wildman–Crippen MR) is 72.1 cm³/mol. The van der Waals surface area contributed by atoms with Gasteiger partial charge in [0.1, 0.15) is 0 Å². The summed E-state index contributed by atoms with van der Waals surface area (Å²) in [4.78, 5) is 32.3. The minimum atomic E-state index is -1.25. The van der Waals surface area contributed by atoms with Gasteiger partial charge in [-0.3, -0.25) is 9.69 Å². The molecule has 1 aromatic rings. The van der Waals surface area contributed by atoms with Gasteiger partial charge in [0, 0.05) is 30.5 Å². The normalized spacial score (nSPS) is 21.1. The number of carbonyl (C=O) groups excluding carboxylic acids is 2. The zero-order chi connectivity index (χ0) is 13.8. The van der Waals surface area contributed by atoms with Gasteiger partial charge in [-0.15, -0.1) is 17.9 Å². The molecule has 0 N–H and O–H groups in total. The molecule has 100 valence electrons. The lowest BCUT2D eigenvalue weighted by Crippen LogP contribution is -2.35. The molecule has 1 saturated heterocycles. The highest BCUT2D eigenvalue weighted by Crippen LogP contribution is 2.31. The van der Waals surface area contributed by atoms with E-state index in [-0.39, 0.29) is 12.3 Å². The van der Waals surface area contributed by atoms with Gasteiger partial charge in [0.2, 0.25) is 11.0 Å². The number of aliphatic imine (C=N–C) groups is 1. The van der Waals surface area contributed by atoms with E-state index in [0.717, 1.165) is 11.8 Å². The van der Waals surface area contributed by atoms with Gasteiger partial charge in [-0.25, -0.2) is 4.98 Å². The summed E-state index contributed by atoms with van der Waals surface area (Å²) in [6.07, 6.45) is 2.85. The van der Waals surface area contributed by atoms with Crippen LogP contribution in [0.4, 0.5) is 5.13 Å². The summed E-state index contributed by atoms with van der Waals surface area (Å²) in [5.74, 6) is -1.54. The van der Waals surface area contributed by atoms with Crippen LogP contribution in [0.5, 0.6) is 0 Å². The number of carboxylic acids is 1. The molecule has 1 fully saturated rings. The van der Waals surface area contributed by atoms with E-state index in [2.05, 4.69) is 16.6 Å². The second kappa shape index (κ2) is 5.98. The number of amides is 1. The van der Waals surface area contributed by atoms with Crippen LogP contribution in [-0.4, -0.2) is 38.7 Å². The Bertz CT molecular complexity index is 527. The number of nitrogens with zero attached hydrogens (tertiary/aromatic N) is 3. The number of carbonyl (C=O) groups is 2. The smallest absolute Gasteiger partial charge is 0.242 e. The van der Waals surface area contributed by atoms with Gasteiger partial charge in [0.15, 0.2) is 5.17 Å². The molecular weight excluding hydrogens is 286 g/mol. The Labute approximate surface area is 117 Å². The van der Waals surface area contributed by atoms with Crippen molar-refractivity contribution in [1.82, 2.24) is 9.88 Å². The number of aliphatic carboxylic acids is 1. The van der Waals surface area contributed by atoms with E-state index in [1.165, 1.54) is 16.2 Å². The molecule has 0 spiro atoms. The van der Waals surface area contributed by atoms with E-state index in [4.69, 9.17) is 0 Å². The van der Waals surface area contributed by atoms with Crippen LogP contribution in [0.1, 0.15) is 6.42 Å². The SMILES string of the molecule is C=CCN1C(=O)[C@H](CC(=O)[O-])SC1=Nc1nccs1. The van der Waals surface area contributed by atoms with Gasteiger partial charge in [0.05, 0.1) is 5.25 Å². The van der Waals surface area contributed by atoms with Crippen LogP contribution in [-0.2, 0) is 9.59 Å². The van der Waals surface area contributed by atoms with E-state index >= 15 is 0 Å². The Morgan fingerprint density at radius 2 is 2.47 bits per heavy atom. The van der Waals surface area contributed by atoms with Crippen LogP contribution in [0.15, 0.2) is 29.2 Å². The van der Waals surface area contributed by atoms with Gasteiger partial charge in [-0.2, -0.15) is 4.99 Å². The molecule has 1 aliphatic heterocycles. The molecule has 2 heterocycles. The average molecular weight is 296 g/mol. The fraction of sp³-hybridized carbons (Fsp3) is 0.273. The molecule has 1 aromatic heterocycles. The minimum absolute atomic E-state index is 0.288. The lowest BCUT2D eigenvalue weighted by atomic mass is 10.3. The number of hydrogen-bond acceptors (Lipinski definition) is 7. The molecule has 8 heteroatoms. The van der Waals surface area contributed by atoms with Crippen molar-refractivity contribution in [3.05, 3.63) is 24.2 Å². The van der Waals surface area contributed by atoms with Crippen LogP contribution in [0, 0.1) is 0 Å². The number of carboxylic acid groups (broad SMARTS) is 1. The molecule has 0 bridgehead atoms. The third-order valence-electron chi connectivity index (χ3n) is 2.29. The maximum Gasteiger partial charge on any atom is 0.242 e. The Balaban J connectivity index is 2.23. The standard InChI is InChI=1S/C11H11N3O3S2/c1-2-4-14-9(17)7(6-8(15)16)19-11(14)13-10-12-3-5-18-10/h2-3,5,7H,1,4,6H2,(H,15,16)/p-1/t7-/m0/s1. The second-order valence-corrected chi connectivity index (χ2v) is 5.67. The maximum absolute atomic E-state index is 12.0.